The first kappa shape index (κ1) is 13.9. The lowest BCUT2D eigenvalue weighted by Crippen LogP contribution is -2.09. The van der Waals surface area contributed by atoms with E-state index in [1.807, 2.05) is 19.1 Å². The van der Waals surface area contributed by atoms with Crippen molar-refractivity contribution in [3.63, 3.8) is 0 Å². The molecule has 3 heteroatoms. The predicted molar refractivity (Wildman–Crippen MR) is 83.4 cm³/mol. The van der Waals surface area contributed by atoms with Crippen molar-refractivity contribution >= 4 is 5.69 Å². The Kier molecular flexibility index (Phi) is 3.82. The van der Waals surface area contributed by atoms with Crippen LogP contribution in [0.2, 0.25) is 0 Å². The van der Waals surface area contributed by atoms with E-state index in [9.17, 15) is 4.39 Å². The van der Waals surface area contributed by atoms with Gasteiger partial charge in [0.1, 0.15) is 11.6 Å². The first-order valence-electron chi connectivity index (χ1n) is 7.45. The Morgan fingerprint density at radius 1 is 1.24 bits per heavy atom. The highest BCUT2D eigenvalue weighted by molar-refractivity contribution is 5.59. The van der Waals surface area contributed by atoms with Crippen LogP contribution < -0.4 is 10.1 Å². The molecule has 1 aliphatic carbocycles. The maximum Gasteiger partial charge on any atom is 0.142 e. The summed E-state index contributed by atoms with van der Waals surface area (Å²) in [5.74, 6) is 0.729. The summed E-state index contributed by atoms with van der Waals surface area (Å²) >= 11 is 0. The second-order valence-corrected chi connectivity index (χ2v) is 5.51. The molecule has 2 aromatic rings. The second kappa shape index (κ2) is 5.76. The van der Waals surface area contributed by atoms with E-state index in [4.69, 9.17) is 4.74 Å². The number of anilines is 1. The summed E-state index contributed by atoms with van der Waals surface area (Å²) in [7, 11) is 0. The van der Waals surface area contributed by atoms with Crippen molar-refractivity contribution in [2.24, 2.45) is 0 Å². The topological polar surface area (TPSA) is 21.3 Å². The Hall–Kier alpha value is -2.03. The maximum absolute atomic E-state index is 13.3. The number of hydrogen-bond donors (Lipinski definition) is 1. The molecule has 0 radical (unpaired) electrons. The highest BCUT2D eigenvalue weighted by Crippen LogP contribution is 2.37. The molecule has 0 saturated carbocycles. The van der Waals surface area contributed by atoms with Crippen molar-refractivity contribution in [3.8, 4) is 5.75 Å². The van der Waals surface area contributed by atoms with Gasteiger partial charge in [0.25, 0.3) is 0 Å². The first-order chi connectivity index (χ1) is 10.2. The summed E-state index contributed by atoms with van der Waals surface area (Å²) in [6.45, 7) is 4.68. The molecule has 0 aromatic heterocycles. The van der Waals surface area contributed by atoms with Crippen LogP contribution in [0.1, 0.15) is 36.1 Å². The van der Waals surface area contributed by atoms with E-state index in [2.05, 4.69) is 24.4 Å². The minimum absolute atomic E-state index is 0.153. The molecule has 0 spiro atoms. The van der Waals surface area contributed by atoms with Gasteiger partial charge in [-0.3, -0.25) is 0 Å². The quantitative estimate of drug-likeness (QED) is 0.884. The summed E-state index contributed by atoms with van der Waals surface area (Å²) in [5, 5.41) is 3.55. The van der Waals surface area contributed by atoms with Gasteiger partial charge in [0, 0.05) is 0 Å². The van der Waals surface area contributed by atoms with Gasteiger partial charge >= 0.3 is 0 Å². The highest BCUT2D eigenvalue weighted by atomic mass is 19.1. The smallest absolute Gasteiger partial charge is 0.142 e. The molecule has 0 fully saturated rings. The molecule has 2 aromatic carbocycles. The fourth-order valence-electron chi connectivity index (χ4n) is 2.95. The van der Waals surface area contributed by atoms with E-state index >= 15 is 0 Å². The lowest BCUT2D eigenvalue weighted by molar-refractivity contribution is 0.341. The maximum atomic E-state index is 13.3. The van der Waals surface area contributed by atoms with Gasteiger partial charge in [-0.1, -0.05) is 12.1 Å². The zero-order chi connectivity index (χ0) is 14.8. The average molecular weight is 285 g/mol. The van der Waals surface area contributed by atoms with Gasteiger partial charge in [0.2, 0.25) is 0 Å². The number of nitrogens with one attached hydrogen (secondary N) is 1. The fourth-order valence-corrected chi connectivity index (χ4v) is 2.95. The van der Waals surface area contributed by atoms with Crippen LogP contribution in [0, 0.1) is 12.7 Å². The van der Waals surface area contributed by atoms with Gasteiger partial charge in [-0.15, -0.1) is 0 Å². The molecular formula is C18H20FNO. The summed E-state index contributed by atoms with van der Waals surface area (Å²) in [4.78, 5) is 0. The molecule has 0 heterocycles. The molecule has 110 valence electrons. The van der Waals surface area contributed by atoms with Crippen LogP contribution >= 0.6 is 0 Å². The first-order valence-corrected chi connectivity index (χ1v) is 7.45. The Labute approximate surface area is 125 Å². The van der Waals surface area contributed by atoms with Crippen LogP contribution in [-0.2, 0) is 6.42 Å². The Balaban J connectivity index is 1.86. The molecule has 21 heavy (non-hydrogen) atoms. The molecule has 0 amide bonds. The molecule has 1 unspecified atom stereocenters. The zero-order valence-electron chi connectivity index (χ0n) is 12.4. The van der Waals surface area contributed by atoms with Crippen molar-refractivity contribution < 1.29 is 9.13 Å². The van der Waals surface area contributed by atoms with Gasteiger partial charge < -0.3 is 10.1 Å². The van der Waals surface area contributed by atoms with Crippen molar-refractivity contribution in [2.75, 3.05) is 11.9 Å². The van der Waals surface area contributed by atoms with Crippen molar-refractivity contribution in [1.82, 2.24) is 0 Å². The highest BCUT2D eigenvalue weighted by Gasteiger charge is 2.23. The van der Waals surface area contributed by atoms with Crippen LogP contribution in [0.25, 0.3) is 0 Å². The lowest BCUT2D eigenvalue weighted by Gasteiger charge is -2.19. The summed E-state index contributed by atoms with van der Waals surface area (Å²) < 4.78 is 19.0. The van der Waals surface area contributed by atoms with E-state index in [1.54, 1.807) is 6.07 Å². The van der Waals surface area contributed by atoms with Crippen LogP contribution in [0.5, 0.6) is 5.75 Å². The third-order valence-corrected chi connectivity index (χ3v) is 3.95. The Bertz CT molecular complexity index is 654. The Morgan fingerprint density at radius 3 is 2.90 bits per heavy atom. The minimum atomic E-state index is -0.153. The van der Waals surface area contributed by atoms with Crippen LogP contribution in [-0.4, -0.2) is 6.61 Å². The Morgan fingerprint density at radius 2 is 2.10 bits per heavy atom. The van der Waals surface area contributed by atoms with Crippen LogP contribution in [0.15, 0.2) is 36.4 Å². The molecular weight excluding hydrogens is 265 g/mol. The average Bonchev–Trinajstić information content (AvgIpc) is 2.84. The number of ether oxygens (including phenoxy) is 1. The number of benzene rings is 2. The summed E-state index contributed by atoms with van der Waals surface area (Å²) in [6, 6.07) is 11.5. The van der Waals surface area contributed by atoms with Crippen molar-refractivity contribution in [3.05, 3.63) is 58.9 Å². The second-order valence-electron chi connectivity index (χ2n) is 5.51. The van der Waals surface area contributed by atoms with Crippen molar-refractivity contribution in [1.29, 1.82) is 0 Å². The van der Waals surface area contributed by atoms with Gasteiger partial charge in [0.15, 0.2) is 0 Å². The van der Waals surface area contributed by atoms with E-state index < -0.39 is 0 Å². The largest absolute Gasteiger partial charge is 0.492 e. The van der Waals surface area contributed by atoms with E-state index in [-0.39, 0.29) is 11.9 Å². The fraction of sp³-hybridized carbons (Fsp3) is 0.333. The van der Waals surface area contributed by atoms with Gasteiger partial charge in [-0.05, 0) is 67.6 Å². The minimum Gasteiger partial charge on any atom is -0.492 e. The third kappa shape index (κ3) is 2.87. The summed E-state index contributed by atoms with van der Waals surface area (Å²) in [6.07, 6.45) is 1.90. The van der Waals surface area contributed by atoms with Gasteiger partial charge in [-0.2, -0.15) is 0 Å². The normalized spacial score (nSPS) is 16.6. The van der Waals surface area contributed by atoms with Gasteiger partial charge in [0.05, 0.1) is 18.3 Å². The molecule has 0 saturated heterocycles. The number of fused-ring (bicyclic) bond motifs is 1. The van der Waals surface area contributed by atoms with Gasteiger partial charge in [-0.25, -0.2) is 4.39 Å². The molecule has 1 N–H and O–H groups in total. The molecule has 2 nitrogen and oxygen atoms in total. The monoisotopic (exact) mass is 285 g/mol. The number of halogens is 1. The third-order valence-electron chi connectivity index (χ3n) is 3.95. The molecule has 3 rings (SSSR count). The van der Waals surface area contributed by atoms with E-state index in [1.165, 1.54) is 17.2 Å². The van der Waals surface area contributed by atoms with Crippen LogP contribution in [0.3, 0.4) is 0 Å². The SMILES string of the molecule is CCOc1cc(C)ccc1NC1CCc2cc(F)ccc21. The number of hydrogen-bond acceptors (Lipinski definition) is 2. The van der Waals surface area contributed by atoms with Crippen LogP contribution in [0.4, 0.5) is 10.1 Å². The predicted octanol–water partition coefficient (Wildman–Crippen LogP) is 4.63. The van der Waals surface area contributed by atoms with Crippen molar-refractivity contribution in [2.45, 2.75) is 32.7 Å². The lowest BCUT2D eigenvalue weighted by atomic mass is 10.1. The number of aryl methyl sites for hydroxylation is 2. The molecule has 1 atom stereocenters. The van der Waals surface area contributed by atoms with E-state index in [0.29, 0.717) is 6.61 Å². The number of rotatable bonds is 4. The zero-order valence-corrected chi connectivity index (χ0v) is 12.4. The van der Waals surface area contributed by atoms with E-state index in [0.717, 1.165) is 29.8 Å². The summed E-state index contributed by atoms with van der Waals surface area (Å²) in [5.41, 5.74) is 4.49. The molecule has 0 aliphatic heterocycles. The molecule has 1 aliphatic rings. The standard InChI is InChI=1S/C18H20FNO/c1-3-21-18-10-12(2)4-8-17(18)20-16-9-5-13-11-14(19)6-7-15(13)16/h4,6-8,10-11,16,20H,3,5,9H2,1-2H3. The molecule has 0 bridgehead atoms.